The van der Waals surface area contributed by atoms with Crippen molar-refractivity contribution in [1.82, 2.24) is 10.6 Å². The number of allylic oxidation sites excluding steroid dienone is 1. The molecule has 1 aromatic carbocycles. The smallest absolute Gasteiger partial charge is 0.243 e. The van der Waals surface area contributed by atoms with Gasteiger partial charge < -0.3 is 15.5 Å². The van der Waals surface area contributed by atoms with E-state index in [0.717, 1.165) is 23.0 Å². The number of carbonyl (C=O) groups excluding carboxylic acids is 2. The van der Waals surface area contributed by atoms with E-state index in [-0.39, 0.29) is 11.7 Å². The van der Waals surface area contributed by atoms with Crippen LogP contribution in [0.5, 0.6) is 0 Å². The lowest BCUT2D eigenvalue weighted by Gasteiger charge is -2.34. The van der Waals surface area contributed by atoms with Crippen LogP contribution in [0.25, 0.3) is 0 Å². The second-order valence-corrected chi connectivity index (χ2v) is 8.20. The number of anilines is 1. The van der Waals surface area contributed by atoms with Crippen LogP contribution < -0.4 is 15.5 Å². The van der Waals surface area contributed by atoms with Crippen LogP contribution in [0.2, 0.25) is 0 Å². The minimum atomic E-state index is -0.939. The van der Waals surface area contributed by atoms with E-state index in [1.54, 1.807) is 13.8 Å². The summed E-state index contributed by atoms with van der Waals surface area (Å²) >= 11 is 1.10. The minimum absolute atomic E-state index is 0.0594. The second kappa shape index (κ2) is 8.81. The molecule has 1 atom stereocenters. The maximum atomic E-state index is 12.2. The molecule has 2 N–H and O–H groups in total. The van der Waals surface area contributed by atoms with Gasteiger partial charge in [0, 0.05) is 31.7 Å². The Hall–Kier alpha value is -2.97. The molecular formula is C20H23N5O2S. The molecule has 0 unspecified atom stereocenters. The zero-order chi connectivity index (χ0) is 20.9. The Morgan fingerprint density at radius 2 is 1.93 bits per heavy atom. The zero-order valence-corrected chi connectivity index (χ0v) is 17.2. The standard InChI is InChI=1S/C20H23N5O2S/c1-20(2)15(9-21)18(27)24-19(16(20)10-22)28-12-17(26)23-11-13-5-7-14(8-6-13)25(3)4/h5-8,15H,11-12H2,1-4H3,(H,23,26)(H,24,27)/t15-/m1/s1. The Morgan fingerprint density at radius 1 is 1.29 bits per heavy atom. The predicted octanol–water partition coefficient (Wildman–Crippen LogP) is 2.13. The molecule has 2 amide bonds. The van der Waals surface area contributed by atoms with Crippen molar-refractivity contribution in [1.29, 1.82) is 10.5 Å². The number of amides is 2. The average molecular weight is 398 g/mol. The van der Waals surface area contributed by atoms with Gasteiger partial charge in [0.25, 0.3) is 0 Å². The van der Waals surface area contributed by atoms with Crippen molar-refractivity contribution in [2.45, 2.75) is 20.4 Å². The molecule has 0 radical (unpaired) electrons. The van der Waals surface area contributed by atoms with Gasteiger partial charge in [-0.25, -0.2) is 0 Å². The van der Waals surface area contributed by atoms with Crippen LogP contribution in [-0.2, 0) is 16.1 Å². The summed E-state index contributed by atoms with van der Waals surface area (Å²) in [6.07, 6.45) is 0. The van der Waals surface area contributed by atoms with Crippen LogP contribution in [0.3, 0.4) is 0 Å². The first-order valence-electron chi connectivity index (χ1n) is 8.71. The summed E-state index contributed by atoms with van der Waals surface area (Å²) in [4.78, 5) is 26.3. The van der Waals surface area contributed by atoms with Gasteiger partial charge in [0.05, 0.1) is 28.5 Å². The Bertz CT molecular complexity index is 875. The molecule has 7 nitrogen and oxygen atoms in total. The highest BCUT2D eigenvalue weighted by molar-refractivity contribution is 8.03. The van der Waals surface area contributed by atoms with Gasteiger partial charge >= 0.3 is 0 Å². The first kappa shape index (κ1) is 21.3. The van der Waals surface area contributed by atoms with Gasteiger partial charge in [0.15, 0.2) is 0 Å². The average Bonchev–Trinajstić information content (AvgIpc) is 2.64. The Labute approximate surface area is 169 Å². The fourth-order valence-electron chi connectivity index (χ4n) is 2.84. The molecule has 0 saturated heterocycles. The van der Waals surface area contributed by atoms with Gasteiger partial charge in [0.1, 0.15) is 5.92 Å². The van der Waals surface area contributed by atoms with E-state index in [9.17, 15) is 20.1 Å². The normalized spacial score (nSPS) is 17.9. The van der Waals surface area contributed by atoms with Crippen molar-refractivity contribution in [3.8, 4) is 12.1 Å². The van der Waals surface area contributed by atoms with Gasteiger partial charge in [-0.3, -0.25) is 9.59 Å². The third-order valence-corrected chi connectivity index (χ3v) is 5.62. The number of thioether (sulfide) groups is 1. The van der Waals surface area contributed by atoms with Crippen LogP contribution in [0, 0.1) is 34.0 Å². The molecule has 1 aromatic rings. The molecule has 0 fully saturated rings. The summed E-state index contributed by atoms with van der Waals surface area (Å²) in [5.74, 6) is -1.54. The van der Waals surface area contributed by atoms with Gasteiger partial charge in [-0.15, -0.1) is 0 Å². The van der Waals surface area contributed by atoms with Gasteiger partial charge in [0.2, 0.25) is 11.8 Å². The molecule has 8 heteroatoms. The van der Waals surface area contributed by atoms with Crippen LogP contribution in [-0.4, -0.2) is 31.7 Å². The van der Waals surface area contributed by atoms with Crippen molar-refractivity contribution in [2.24, 2.45) is 11.3 Å². The monoisotopic (exact) mass is 397 g/mol. The van der Waals surface area contributed by atoms with Crippen molar-refractivity contribution >= 4 is 29.3 Å². The number of rotatable bonds is 6. The number of nitriles is 2. The first-order valence-corrected chi connectivity index (χ1v) is 9.70. The van der Waals surface area contributed by atoms with E-state index < -0.39 is 17.2 Å². The number of hydrogen-bond acceptors (Lipinski definition) is 6. The summed E-state index contributed by atoms with van der Waals surface area (Å²) in [6.45, 7) is 3.78. The zero-order valence-electron chi connectivity index (χ0n) is 16.4. The van der Waals surface area contributed by atoms with Crippen LogP contribution in [0.4, 0.5) is 5.69 Å². The van der Waals surface area contributed by atoms with Crippen LogP contribution in [0.1, 0.15) is 19.4 Å². The number of nitrogens with zero attached hydrogens (tertiary/aromatic N) is 3. The number of hydrogen-bond donors (Lipinski definition) is 2. The maximum Gasteiger partial charge on any atom is 0.243 e. The molecule has 2 rings (SSSR count). The number of nitrogens with one attached hydrogen (secondary N) is 2. The van der Waals surface area contributed by atoms with E-state index in [2.05, 4.69) is 16.7 Å². The van der Waals surface area contributed by atoms with Crippen molar-refractivity contribution in [2.75, 3.05) is 24.7 Å². The molecule has 1 aliphatic heterocycles. The first-order chi connectivity index (χ1) is 13.2. The predicted molar refractivity (Wildman–Crippen MR) is 109 cm³/mol. The fourth-order valence-corrected chi connectivity index (χ4v) is 3.84. The lowest BCUT2D eigenvalue weighted by molar-refractivity contribution is -0.125. The van der Waals surface area contributed by atoms with Crippen molar-refractivity contribution < 1.29 is 9.59 Å². The highest BCUT2D eigenvalue weighted by Gasteiger charge is 2.44. The third kappa shape index (κ3) is 4.65. The molecule has 0 bridgehead atoms. The summed E-state index contributed by atoms with van der Waals surface area (Å²) < 4.78 is 0. The molecule has 1 heterocycles. The largest absolute Gasteiger partial charge is 0.378 e. The number of benzene rings is 1. The quantitative estimate of drug-likeness (QED) is 0.761. The van der Waals surface area contributed by atoms with Gasteiger partial charge in [-0.2, -0.15) is 10.5 Å². The summed E-state index contributed by atoms with van der Waals surface area (Å²) in [7, 11) is 3.92. The Kier molecular flexibility index (Phi) is 6.71. The highest BCUT2D eigenvalue weighted by Crippen LogP contribution is 2.41. The number of carbonyl (C=O) groups is 2. The topological polar surface area (TPSA) is 109 Å². The molecule has 146 valence electrons. The molecule has 0 spiro atoms. The van der Waals surface area contributed by atoms with E-state index in [4.69, 9.17) is 0 Å². The SMILES string of the molecule is CN(C)c1ccc(CNC(=O)CSC2=C(C#N)C(C)(C)[C@H](C#N)C(=O)N2)cc1. The lowest BCUT2D eigenvalue weighted by Crippen LogP contribution is -2.44. The van der Waals surface area contributed by atoms with E-state index in [1.807, 2.05) is 49.3 Å². The Morgan fingerprint density at radius 3 is 2.46 bits per heavy atom. The van der Waals surface area contributed by atoms with Crippen LogP contribution in [0.15, 0.2) is 34.9 Å². The molecule has 0 saturated carbocycles. The lowest BCUT2D eigenvalue weighted by atomic mass is 9.72. The van der Waals surface area contributed by atoms with Crippen LogP contribution >= 0.6 is 11.8 Å². The van der Waals surface area contributed by atoms with Gasteiger partial charge in [-0.1, -0.05) is 37.7 Å². The summed E-state index contributed by atoms with van der Waals surface area (Å²) in [6, 6.07) is 11.9. The summed E-state index contributed by atoms with van der Waals surface area (Å²) in [5.41, 5.74) is 1.47. The van der Waals surface area contributed by atoms with Crippen molar-refractivity contribution in [3.05, 3.63) is 40.4 Å². The summed E-state index contributed by atoms with van der Waals surface area (Å²) in [5, 5.41) is 24.5. The molecule has 0 aliphatic carbocycles. The maximum absolute atomic E-state index is 12.2. The van der Waals surface area contributed by atoms with Crippen molar-refractivity contribution in [3.63, 3.8) is 0 Å². The molecule has 0 aromatic heterocycles. The minimum Gasteiger partial charge on any atom is -0.378 e. The molecular weight excluding hydrogens is 374 g/mol. The van der Waals surface area contributed by atoms with E-state index in [1.165, 1.54) is 0 Å². The Balaban J connectivity index is 1.98. The highest BCUT2D eigenvalue weighted by atomic mass is 32.2. The van der Waals surface area contributed by atoms with E-state index in [0.29, 0.717) is 17.1 Å². The second-order valence-electron chi connectivity index (χ2n) is 7.22. The molecule has 1 aliphatic rings. The van der Waals surface area contributed by atoms with E-state index >= 15 is 0 Å². The van der Waals surface area contributed by atoms with Gasteiger partial charge in [-0.05, 0) is 17.7 Å². The third-order valence-electron chi connectivity index (χ3n) is 4.62. The molecule has 28 heavy (non-hydrogen) atoms. The fraction of sp³-hybridized carbons (Fsp3) is 0.400.